The molecular weight excluding hydrogens is 220 g/mol. The lowest BCUT2D eigenvalue weighted by Crippen LogP contribution is -2.02. The third kappa shape index (κ3) is 1.67. The minimum Gasteiger partial charge on any atom is -0.465 e. The van der Waals surface area contributed by atoms with Crippen LogP contribution in [0.25, 0.3) is 0 Å². The predicted molar refractivity (Wildman–Crippen MR) is 49.9 cm³/mol. The summed E-state index contributed by atoms with van der Waals surface area (Å²) in [5.74, 6) is -0.354. The molecule has 1 aromatic carbocycles. The average Bonchev–Trinajstić information content (AvgIpc) is 2.08. The third-order valence-electron chi connectivity index (χ3n) is 1.48. The van der Waals surface area contributed by atoms with E-state index >= 15 is 0 Å². The second-order valence-electron chi connectivity index (χ2n) is 2.27. The summed E-state index contributed by atoms with van der Waals surface area (Å²) in [6.45, 7) is 3.74. The normalized spacial score (nSPS) is 9.58. The van der Waals surface area contributed by atoms with E-state index in [0.29, 0.717) is 10.0 Å². The van der Waals surface area contributed by atoms with Gasteiger partial charge in [0.15, 0.2) is 0 Å². The summed E-state index contributed by atoms with van der Waals surface area (Å²) in [5, 5.41) is 0. The van der Waals surface area contributed by atoms with Crippen LogP contribution in [0.15, 0.2) is 22.7 Å². The molecule has 0 unspecified atom stereocenters. The van der Waals surface area contributed by atoms with Crippen LogP contribution in [0.2, 0.25) is 0 Å². The van der Waals surface area contributed by atoms with Gasteiger partial charge >= 0.3 is 5.97 Å². The largest absolute Gasteiger partial charge is 0.465 e. The average molecular weight is 228 g/mol. The first-order valence-corrected chi connectivity index (χ1v) is 4.15. The number of ether oxygens (including phenoxy) is 1. The van der Waals surface area contributed by atoms with E-state index in [2.05, 4.69) is 27.6 Å². The molecular formula is C9H8BrO2. The molecule has 0 N–H and O–H groups in total. The maximum absolute atomic E-state index is 11.1. The van der Waals surface area contributed by atoms with Gasteiger partial charge in [-0.2, -0.15) is 0 Å². The Morgan fingerprint density at radius 3 is 2.83 bits per heavy atom. The molecule has 12 heavy (non-hydrogen) atoms. The molecule has 3 heteroatoms. The minimum absolute atomic E-state index is 0.354. The van der Waals surface area contributed by atoms with Crippen LogP contribution in [0.5, 0.6) is 0 Å². The molecule has 0 aliphatic carbocycles. The van der Waals surface area contributed by atoms with Gasteiger partial charge in [0, 0.05) is 4.47 Å². The molecule has 0 atom stereocenters. The number of halogens is 1. The molecule has 0 heterocycles. The topological polar surface area (TPSA) is 26.3 Å². The molecule has 1 rings (SSSR count). The summed E-state index contributed by atoms with van der Waals surface area (Å²) in [5.41, 5.74) is 1.28. The Balaban J connectivity index is 3.16. The quantitative estimate of drug-likeness (QED) is 0.690. The maximum Gasteiger partial charge on any atom is 0.339 e. The summed E-state index contributed by atoms with van der Waals surface area (Å²) in [4.78, 5) is 11.1. The summed E-state index contributed by atoms with van der Waals surface area (Å²) in [6.07, 6.45) is 0. The number of carbonyl (C=O) groups is 1. The van der Waals surface area contributed by atoms with Crippen molar-refractivity contribution in [2.24, 2.45) is 0 Å². The molecule has 0 saturated carbocycles. The Morgan fingerprint density at radius 2 is 2.25 bits per heavy atom. The van der Waals surface area contributed by atoms with Crippen molar-refractivity contribution in [2.75, 3.05) is 7.11 Å². The van der Waals surface area contributed by atoms with Gasteiger partial charge in [-0.15, -0.1) is 0 Å². The zero-order chi connectivity index (χ0) is 9.14. The van der Waals surface area contributed by atoms with Gasteiger partial charge in [0.2, 0.25) is 0 Å². The third-order valence-corrected chi connectivity index (χ3v) is 2.42. The Kier molecular flexibility index (Phi) is 2.87. The van der Waals surface area contributed by atoms with Gasteiger partial charge in [0.1, 0.15) is 0 Å². The number of rotatable bonds is 1. The zero-order valence-electron chi connectivity index (χ0n) is 6.63. The van der Waals surface area contributed by atoms with Crippen molar-refractivity contribution < 1.29 is 9.53 Å². The van der Waals surface area contributed by atoms with Crippen LogP contribution in [-0.4, -0.2) is 13.1 Å². The van der Waals surface area contributed by atoms with Crippen LogP contribution in [-0.2, 0) is 4.74 Å². The fourth-order valence-corrected chi connectivity index (χ4v) is 1.27. The Bertz CT molecular complexity index is 307. The van der Waals surface area contributed by atoms with Crippen LogP contribution in [0, 0.1) is 6.92 Å². The van der Waals surface area contributed by atoms with E-state index in [1.807, 2.05) is 6.07 Å². The Labute approximate surface area is 79.7 Å². The predicted octanol–water partition coefficient (Wildman–Crippen LogP) is 2.42. The highest BCUT2D eigenvalue weighted by molar-refractivity contribution is 9.10. The van der Waals surface area contributed by atoms with E-state index in [-0.39, 0.29) is 5.97 Å². The molecule has 63 valence electrons. The highest BCUT2D eigenvalue weighted by Gasteiger charge is 2.10. The van der Waals surface area contributed by atoms with Crippen LogP contribution in [0.4, 0.5) is 0 Å². The fourth-order valence-electron chi connectivity index (χ4n) is 0.847. The molecule has 0 saturated heterocycles. The molecule has 0 amide bonds. The van der Waals surface area contributed by atoms with Gasteiger partial charge < -0.3 is 4.74 Å². The second-order valence-corrected chi connectivity index (χ2v) is 3.06. The molecule has 1 aromatic rings. The van der Waals surface area contributed by atoms with Crippen molar-refractivity contribution in [2.45, 2.75) is 0 Å². The number of benzene rings is 1. The number of methoxy groups -OCH3 is 1. The lowest BCUT2D eigenvalue weighted by atomic mass is 10.1. The fraction of sp³-hybridized carbons (Fsp3) is 0.111. The SMILES string of the molecule is [CH2]c1cccc(C(=O)OC)c1Br. The van der Waals surface area contributed by atoms with Crippen molar-refractivity contribution in [1.82, 2.24) is 0 Å². The minimum atomic E-state index is -0.354. The molecule has 0 aliphatic rings. The second kappa shape index (κ2) is 3.72. The maximum atomic E-state index is 11.1. The lowest BCUT2D eigenvalue weighted by Gasteiger charge is -2.03. The van der Waals surface area contributed by atoms with Gasteiger partial charge in [-0.3, -0.25) is 0 Å². The molecule has 0 fully saturated rings. The highest BCUT2D eigenvalue weighted by Crippen LogP contribution is 2.21. The van der Waals surface area contributed by atoms with Crippen LogP contribution >= 0.6 is 15.9 Å². The molecule has 2 nitrogen and oxygen atoms in total. The number of hydrogen-bond acceptors (Lipinski definition) is 2. The summed E-state index contributed by atoms with van der Waals surface area (Å²) in [6, 6.07) is 5.26. The smallest absolute Gasteiger partial charge is 0.339 e. The van der Waals surface area contributed by atoms with E-state index in [9.17, 15) is 4.79 Å². The van der Waals surface area contributed by atoms with Crippen molar-refractivity contribution in [3.8, 4) is 0 Å². The van der Waals surface area contributed by atoms with Gasteiger partial charge in [-0.05, 0) is 34.5 Å². The molecule has 0 bridgehead atoms. The summed E-state index contributed by atoms with van der Waals surface area (Å²) < 4.78 is 5.27. The first kappa shape index (κ1) is 9.26. The van der Waals surface area contributed by atoms with Gasteiger partial charge in [0.25, 0.3) is 0 Å². The van der Waals surface area contributed by atoms with E-state index in [0.717, 1.165) is 5.56 Å². The van der Waals surface area contributed by atoms with Crippen molar-refractivity contribution in [3.63, 3.8) is 0 Å². The summed E-state index contributed by atoms with van der Waals surface area (Å²) >= 11 is 3.26. The molecule has 1 radical (unpaired) electrons. The van der Waals surface area contributed by atoms with E-state index in [4.69, 9.17) is 0 Å². The monoisotopic (exact) mass is 227 g/mol. The highest BCUT2D eigenvalue weighted by atomic mass is 79.9. The number of carbonyl (C=O) groups excluding carboxylic acids is 1. The van der Waals surface area contributed by atoms with Gasteiger partial charge in [-0.1, -0.05) is 12.1 Å². The first-order chi connectivity index (χ1) is 5.66. The standard InChI is InChI=1S/C9H8BrO2/c1-6-4-3-5-7(8(6)10)9(11)12-2/h3-5H,1H2,2H3. The van der Waals surface area contributed by atoms with Crippen LogP contribution in [0.1, 0.15) is 15.9 Å². The zero-order valence-corrected chi connectivity index (χ0v) is 8.22. The van der Waals surface area contributed by atoms with E-state index < -0.39 is 0 Å². The molecule has 0 aromatic heterocycles. The van der Waals surface area contributed by atoms with Crippen molar-refractivity contribution >= 4 is 21.9 Å². The van der Waals surface area contributed by atoms with Crippen LogP contribution < -0.4 is 0 Å². The van der Waals surface area contributed by atoms with E-state index in [1.54, 1.807) is 12.1 Å². The van der Waals surface area contributed by atoms with Crippen molar-refractivity contribution in [1.29, 1.82) is 0 Å². The Morgan fingerprint density at radius 1 is 1.58 bits per heavy atom. The van der Waals surface area contributed by atoms with Gasteiger partial charge in [-0.25, -0.2) is 4.79 Å². The number of esters is 1. The van der Waals surface area contributed by atoms with Crippen molar-refractivity contribution in [3.05, 3.63) is 40.7 Å². The first-order valence-electron chi connectivity index (χ1n) is 3.35. The van der Waals surface area contributed by atoms with Crippen LogP contribution in [0.3, 0.4) is 0 Å². The molecule has 0 aliphatic heterocycles. The lowest BCUT2D eigenvalue weighted by molar-refractivity contribution is 0.0599. The van der Waals surface area contributed by atoms with E-state index in [1.165, 1.54) is 7.11 Å². The summed E-state index contributed by atoms with van der Waals surface area (Å²) in [7, 11) is 1.35. The Hall–Kier alpha value is -0.830. The molecule has 0 spiro atoms. The number of hydrogen-bond donors (Lipinski definition) is 0. The van der Waals surface area contributed by atoms with Gasteiger partial charge in [0.05, 0.1) is 12.7 Å².